The molecule has 0 aromatic heterocycles. The van der Waals surface area contributed by atoms with Crippen molar-refractivity contribution >= 4 is 15.9 Å². The number of benzene rings is 1. The highest BCUT2D eigenvalue weighted by atomic mass is 32.2. The van der Waals surface area contributed by atoms with Crippen LogP contribution in [0.4, 0.5) is 0 Å². The van der Waals surface area contributed by atoms with Gasteiger partial charge in [-0.3, -0.25) is 4.79 Å². The Morgan fingerprint density at radius 2 is 1.91 bits per heavy atom. The van der Waals surface area contributed by atoms with Crippen molar-refractivity contribution < 1.29 is 18.3 Å². The van der Waals surface area contributed by atoms with Gasteiger partial charge in [0.2, 0.25) is 5.91 Å². The van der Waals surface area contributed by atoms with Gasteiger partial charge in [-0.15, -0.1) is 0 Å². The molecular formula is C16H23NO4S. The van der Waals surface area contributed by atoms with Crippen LogP contribution in [0.1, 0.15) is 37.0 Å². The molecule has 22 heavy (non-hydrogen) atoms. The highest BCUT2D eigenvalue weighted by Gasteiger charge is 2.41. The van der Waals surface area contributed by atoms with E-state index in [9.17, 15) is 18.3 Å². The highest BCUT2D eigenvalue weighted by molar-refractivity contribution is 7.90. The van der Waals surface area contributed by atoms with Crippen LogP contribution in [0.5, 0.6) is 0 Å². The minimum Gasteiger partial charge on any atom is -0.394 e. The Bertz CT molecular complexity index is 694. The molecule has 1 aliphatic heterocycles. The first-order valence-electron chi connectivity index (χ1n) is 7.46. The van der Waals surface area contributed by atoms with E-state index in [0.717, 1.165) is 9.87 Å². The maximum Gasteiger partial charge on any atom is 0.267 e. The van der Waals surface area contributed by atoms with Gasteiger partial charge in [-0.25, -0.2) is 12.7 Å². The number of aliphatic hydroxyl groups excluding tert-OH is 1. The number of aliphatic hydroxyl groups is 1. The molecule has 1 aliphatic rings. The quantitative estimate of drug-likeness (QED) is 0.916. The first-order valence-corrected chi connectivity index (χ1v) is 8.90. The Kier molecular flexibility index (Phi) is 4.63. The van der Waals surface area contributed by atoms with Gasteiger partial charge in [0, 0.05) is 0 Å². The first-order chi connectivity index (χ1) is 10.2. The molecule has 0 radical (unpaired) electrons. The monoisotopic (exact) mass is 325 g/mol. The molecule has 0 spiro atoms. The summed E-state index contributed by atoms with van der Waals surface area (Å²) in [7, 11) is -3.91. The summed E-state index contributed by atoms with van der Waals surface area (Å²) in [6, 6.07) is 2.86. The van der Waals surface area contributed by atoms with E-state index < -0.39 is 22.0 Å². The van der Waals surface area contributed by atoms with Gasteiger partial charge in [0.1, 0.15) is 0 Å². The summed E-state index contributed by atoms with van der Waals surface area (Å²) >= 11 is 0. The van der Waals surface area contributed by atoms with Gasteiger partial charge in [0.25, 0.3) is 10.0 Å². The first kappa shape index (κ1) is 17.0. The van der Waals surface area contributed by atoms with E-state index in [-0.39, 0.29) is 23.8 Å². The number of carbonyl (C=O) groups is 1. The zero-order chi connectivity index (χ0) is 16.7. The maximum absolute atomic E-state index is 12.9. The molecule has 2 rings (SSSR count). The lowest BCUT2D eigenvalue weighted by molar-refractivity contribution is -0.128. The molecule has 1 amide bonds. The molecule has 0 saturated heterocycles. The van der Waals surface area contributed by atoms with Crippen molar-refractivity contribution in [1.29, 1.82) is 0 Å². The number of sulfonamides is 1. The van der Waals surface area contributed by atoms with Crippen LogP contribution in [0.15, 0.2) is 17.0 Å². The Balaban J connectivity index is 2.58. The Hall–Kier alpha value is -1.40. The van der Waals surface area contributed by atoms with Gasteiger partial charge >= 0.3 is 0 Å². The highest BCUT2D eigenvalue weighted by Crippen LogP contribution is 2.33. The van der Waals surface area contributed by atoms with Gasteiger partial charge in [-0.2, -0.15) is 0 Å². The average Bonchev–Trinajstić information content (AvgIpc) is 2.34. The molecule has 0 fully saturated rings. The number of carbonyl (C=O) groups excluding carboxylic acids is 1. The Morgan fingerprint density at radius 1 is 1.27 bits per heavy atom. The van der Waals surface area contributed by atoms with Crippen LogP contribution in [-0.4, -0.2) is 36.4 Å². The topological polar surface area (TPSA) is 74.7 Å². The number of hydrogen-bond acceptors (Lipinski definition) is 4. The van der Waals surface area contributed by atoms with Crippen molar-refractivity contribution in [2.75, 3.05) is 6.61 Å². The van der Waals surface area contributed by atoms with Gasteiger partial charge in [0.15, 0.2) is 0 Å². The molecule has 0 unspecified atom stereocenters. The fourth-order valence-electron chi connectivity index (χ4n) is 3.20. The van der Waals surface area contributed by atoms with Crippen molar-refractivity contribution in [2.24, 2.45) is 5.92 Å². The molecule has 1 heterocycles. The zero-order valence-electron chi connectivity index (χ0n) is 13.5. The van der Waals surface area contributed by atoms with E-state index >= 15 is 0 Å². The lowest BCUT2D eigenvalue weighted by atomic mass is 10.0. The van der Waals surface area contributed by atoms with Crippen LogP contribution < -0.4 is 0 Å². The van der Waals surface area contributed by atoms with E-state index in [1.807, 2.05) is 20.8 Å². The summed E-state index contributed by atoms with van der Waals surface area (Å²) in [5, 5.41) is 9.58. The number of rotatable bonds is 4. The fraction of sp³-hybridized carbons (Fsp3) is 0.562. The predicted octanol–water partition coefficient (Wildman–Crippen LogP) is 1.78. The third-order valence-corrected chi connectivity index (χ3v) is 6.01. The van der Waals surface area contributed by atoms with Crippen LogP contribution >= 0.6 is 0 Å². The lowest BCUT2D eigenvalue weighted by Gasteiger charge is -2.35. The lowest BCUT2D eigenvalue weighted by Crippen LogP contribution is -2.50. The van der Waals surface area contributed by atoms with Gasteiger partial charge in [-0.05, 0) is 37.3 Å². The molecule has 0 aliphatic carbocycles. The minimum atomic E-state index is -3.91. The summed E-state index contributed by atoms with van der Waals surface area (Å²) in [6.07, 6.45) is 0.507. The van der Waals surface area contributed by atoms with Crippen LogP contribution in [0.3, 0.4) is 0 Å². The molecule has 0 saturated carbocycles. The standard InChI is InChI=1S/C16H23NO4S/c1-10(2)5-14(9-18)17-15(19)8-13-7-11(3)6-12(4)16(13)22(17,20)21/h6-7,10,14,18H,5,8-9H2,1-4H3/t14-/m0/s1. The number of amides is 1. The van der Waals surface area contributed by atoms with E-state index in [1.165, 1.54) is 0 Å². The van der Waals surface area contributed by atoms with E-state index in [1.54, 1.807) is 19.1 Å². The zero-order valence-corrected chi connectivity index (χ0v) is 14.3. The predicted molar refractivity (Wildman–Crippen MR) is 84.0 cm³/mol. The molecule has 1 N–H and O–H groups in total. The van der Waals surface area contributed by atoms with E-state index in [0.29, 0.717) is 17.5 Å². The second-order valence-electron chi connectivity index (χ2n) is 6.41. The second kappa shape index (κ2) is 6.01. The van der Waals surface area contributed by atoms with Gasteiger partial charge in [-0.1, -0.05) is 31.5 Å². The molecule has 122 valence electrons. The van der Waals surface area contributed by atoms with Crippen LogP contribution in [0.2, 0.25) is 0 Å². The molecule has 1 aromatic rings. The minimum absolute atomic E-state index is 0.0612. The van der Waals surface area contributed by atoms with Gasteiger partial charge < -0.3 is 5.11 Å². The average molecular weight is 325 g/mol. The molecule has 6 heteroatoms. The number of hydrogen-bond donors (Lipinski definition) is 1. The molecule has 0 bridgehead atoms. The van der Waals surface area contributed by atoms with Crippen molar-refractivity contribution in [3.05, 3.63) is 28.8 Å². The Labute approximate surface area is 132 Å². The van der Waals surface area contributed by atoms with Crippen molar-refractivity contribution in [3.8, 4) is 0 Å². The van der Waals surface area contributed by atoms with Crippen molar-refractivity contribution in [1.82, 2.24) is 4.31 Å². The van der Waals surface area contributed by atoms with Crippen LogP contribution in [0.25, 0.3) is 0 Å². The molecular weight excluding hydrogens is 302 g/mol. The number of nitrogens with zero attached hydrogens (tertiary/aromatic N) is 1. The normalized spacial score (nSPS) is 18.5. The third kappa shape index (κ3) is 2.90. The summed E-state index contributed by atoms with van der Waals surface area (Å²) in [5.41, 5.74) is 2.14. The van der Waals surface area contributed by atoms with E-state index in [2.05, 4.69) is 0 Å². The summed E-state index contributed by atoms with van der Waals surface area (Å²) in [6.45, 7) is 7.14. The van der Waals surface area contributed by atoms with Crippen LogP contribution in [0, 0.1) is 19.8 Å². The largest absolute Gasteiger partial charge is 0.394 e. The van der Waals surface area contributed by atoms with Crippen LogP contribution in [-0.2, 0) is 21.2 Å². The molecule has 1 aromatic carbocycles. The van der Waals surface area contributed by atoms with Gasteiger partial charge in [0.05, 0.1) is 24.0 Å². The van der Waals surface area contributed by atoms with E-state index in [4.69, 9.17) is 0 Å². The molecule has 5 nitrogen and oxygen atoms in total. The fourth-order valence-corrected chi connectivity index (χ4v) is 5.21. The molecule has 1 atom stereocenters. The summed E-state index contributed by atoms with van der Waals surface area (Å²) in [4.78, 5) is 12.6. The smallest absolute Gasteiger partial charge is 0.267 e. The summed E-state index contributed by atoms with van der Waals surface area (Å²) in [5.74, 6) is -0.280. The van der Waals surface area contributed by atoms with Crippen molar-refractivity contribution in [3.63, 3.8) is 0 Å². The SMILES string of the molecule is Cc1cc(C)c2c(c1)CC(=O)N([C@H](CO)CC(C)C)S2(=O)=O. The van der Waals surface area contributed by atoms with Crippen molar-refractivity contribution in [2.45, 2.75) is 51.5 Å². The number of fused-ring (bicyclic) bond motifs is 1. The maximum atomic E-state index is 12.9. The summed E-state index contributed by atoms with van der Waals surface area (Å²) < 4.78 is 26.7. The number of aryl methyl sites for hydroxylation is 2. The second-order valence-corrected chi connectivity index (χ2v) is 8.16. The third-order valence-electron chi connectivity index (χ3n) is 3.89. The Morgan fingerprint density at radius 3 is 2.45 bits per heavy atom.